The summed E-state index contributed by atoms with van der Waals surface area (Å²) in [5.41, 5.74) is 10.5. The third-order valence-electron chi connectivity index (χ3n) is 5.04. The number of aromatic nitrogens is 1. The van der Waals surface area contributed by atoms with Crippen molar-refractivity contribution >= 4 is 21.6 Å². The second-order valence-corrected chi connectivity index (χ2v) is 7.81. The molecule has 1 aromatic heterocycles. The average molecular weight is 426 g/mol. The van der Waals surface area contributed by atoms with Crippen LogP contribution >= 0.6 is 15.9 Å². The first-order valence-electron chi connectivity index (χ1n) is 8.47. The molecule has 3 N–H and O–H groups in total. The van der Waals surface area contributed by atoms with E-state index >= 15 is 0 Å². The molecule has 1 aliphatic heterocycles. The standard InChI is InChI=1S/C19H22BrF2N3O/c1-11-7-15-12(2)16(23)5-4-14(15)18(17-6-3-13(20)8-24-17)25(11)9-19(21,22)10-26/h3-6,8,11,18,26H,7,9-10,23H2,1-2H3/t11-,18?/m1/s1. The van der Waals surface area contributed by atoms with Gasteiger partial charge in [0.1, 0.15) is 6.61 Å². The van der Waals surface area contributed by atoms with E-state index in [1.807, 2.05) is 38.1 Å². The summed E-state index contributed by atoms with van der Waals surface area (Å²) in [6, 6.07) is 6.86. The summed E-state index contributed by atoms with van der Waals surface area (Å²) in [6.45, 7) is 2.18. The Labute approximate surface area is 160 Å². The Morgan fingerprint density at radius 1 is 1.35 bits per heavy atom. The van der Waals surface area contributed by atoms with E-state index in [2.05, 4.69) is 20.9 Å². The molecule has 0 spiro atoms. The molecule has 0 saturated heterocycles. The van der Waals surface area contributed by atoms with E-state index in [1.54, 1.807) is 11.1 Å². The third-order valence-corrected chi connectivity index (χ3v) is 5.51. The van der Waals surface area contributed by atoms with E-state index in [9.17, 15) is 8.78 Å². The molecule has 1 aliphatic rings. The van der Waals surface area contributed by atoms with Gasteiger partial charge in [-0.05, 0) is 71.1 Å². The molecule has 0 fully saturated rings. The van der Waals surface area contributed by atoms with Crippen LogP contribution in [0.3, 0.4) is 0 Å². The van der Waals surface area contributed by atoms with Crippen LogP contribution in [0.4, 0.5) is 14.5 Å². The molecular formula is C19H22BrF2N3O. The molecule has 0 radical (unpaired) electrons. The van der Waals surface area contributed by atoms with Gasteiger partial charge in [-0.2, -0.15) is 0 Å². The molecule has 2 aromatic rings. The number of nitrogen functional groups attached to an aromatic ring is 1. The molecule has 1 aromatic carbocycles. The number of halogens is 3. The summed E-state index contributed by atoms with van der Waals surface area (Å²) >= 11 is 3.36. The highest BCUT2D eigenvalue weighted by Gasteiger charge is 2.41. The number of nitrogens with two attached hydrogens (primary N) is 1. The van der Waals surface area contributed by atoms with Crippen LogP contribution in [-0.4, -0.2) is 40.1 Å². The van der Waals surface area contributed by atoms with Gasteiger partial charge in [0.15, 0.2) is 0 Å². The Kier molecular flexibility index (Phi) is 5.33. The van der Waals surface area contributed by atoms with Gasteiger partial charge in [-0.25, -0.2) is 8.78 Å². The molecule has 0 aliphatic carbocycles. The normalized spacial score (nSPS) is 20.8. The molecule has 4 nitrogen and oxygen atoms in total. The Balaban J connectivity index is 2.14. The van der Waals surface area contributed by atoms with Gasteiger partial charge >= 0.3 is 0 Å². The Hall–Kier alpha value is -1.57. The maximum atomic E-state index is 14.0. The van der Waals surface area contributed by atoms with Crippen LogP contribution < -0.4 is 5.73 Å². The summed E-state index contributed by atoms with van der Waals surface area (Å²) in [5, 5.41) is 9.06. The van der Waals surface area contributed by atoms with Crippen molar-refractivity contribution in [1.82, 2.24) is 9.88 Å². The second-order valence-electron chi connectivity index (χ2n) is 6.89. The summed E-state index contributed by atoms with van der Waals surface area (Å²) in [6.07, 6.45) is 2.29. The quantitative estimate of drug-likeness (QED) is 0.733. The van der Waals surface area contributed by atoms with Crippen LogP contribution in [0.5, 0.6) is 0 Å². The highest BCUT2D eigenvalue weighted by atomic mass is 79.9. The Morgan fingerprint density at radius 2 is 2.08 bits per heavy atom. The number of aliphatic hydroxyl groups is 1. The molecule has 3 rings (SSSR count). The van der Waals surface area contributed by atoms with Gasteiger partial charge in [-0.3, -0.25) is 9.88 Å². The van der Waals surface area contributed by atoms with Crippen LogP contribution in [0.15, 0.2) is 34.9 Å². The zero-order valence-electron chi connectivity index (χ0n) is 14.7. The van der Waals surface area contributed by atoms with Crippen LogP contribution in [0, 0.1) is 6.92 Å². The molecule has 2 heterocycles. The second kappa shape index (κ2) is 7.21. The highest BCUT2D eigenvalue weighted by molar-refractivity contribution is 9.10. The van der Waals surface area contributed by atoms with Crippen molar-refractivity contribution in [2.45, 2.75) is 38.3 Å². The monoisotopic (exact) mass is 425 g/mol. The number of nitrogens with zero attached hydrogens (tertiary/aromatic N) is 2. The van der Waals surface area contributed by atoms with Crippen molar-refractivity contribution in [3.8, 4) is 0 Å². The summed E-state index contributed by atoms with van der Waals surface area (Å²) in [5.74, 6) is -3.18. The number of rotatable bonds is 4. The molecule has 0 bridgehead atoms. The first-order valence-corrected chi connectivity index (χ1v) is 9.26. The lowest BCUT2D eigenvalue weighted by Gasteiger charge is -2.43. The fraction of sp³-hybridized carbons (Fsp3) is 0.421. The molecule has 140 valence electrons. The minimum atomic E-state index is -3.18. The fourth-order valence-electron chi connectivity index (χ4n) is 3.61. The number of aliphatic hydroxyl groups excluding tert-OH is 1. The van der Waals surface area contributed by atoms with Gasteiger partial charge in [0.05, 0.1) is 18.3 Å². The summed E-state index contributed by atoms with van der Waals surface area (Å²) in [4.78, 5) is 6.19. The van der Waals surface area contributed by atoms with Gasteiger partial charge < -0.3 is 10.8 Å². The van der Waals surface area contributed by atoms with Crippen LogP contribution in [-0.2, 0) is 6.42 Å². The fourth-order valence-corrected chi connectivity index (χ4v) is 3.85. The lowest BCUT2D eigenvalue weighted by atomic mass is 9.83. The smallest absolute Gasteiger partial charge is 0.283 e. The van der Waals surface area contributed by atoms with E-state index in [4.69, 9.17) is 10.8 Å². The lowest BCUT2D eigenvalue weighted by molar-refractivity contribution is -0.0865. The number of pyridine rings is 1. The van der Waals surface area contributed by atoms with E-state index < -0.39 is 25.1 Å². The van der Waals surface area contributed by atoms with Gasteiger partial charge in [0, 0.05) is 22.4 Å². The lowest BCUT2D eigenvalue weighted by Crippen LogP contribution is -2.49. The molecule has 0 saturated carbocycles. The summed E-state index contributed by atoms with van der Waals surface area (Å²) < 4.78 is 28.9. The Bertz CT molecular complexity index is 798. The predicted molar refractivity (Wildman–Crippen MR) is 101 cm³/mol. The number of hydrogen-bond acceptors (Lipinski definition) is 4. The van der Waals surface area contributed by atoms with Gasteiger partial charge in [0.25, 0.3) is 5.92 Å². The van der Waals surface area contributed by atoms with Gasteiger partial charge in [-0.1, -0.05) is 6.07 Å². The molecule has 26 heavy (non-hydrogen) atoms. The minimum absolute atomic E-state index is 0.143. The maximum Gasteiger partial charge on any atom is 0.283 e. The largest absolute Gasteiger partial charge is 0.399 e. The molecule has 7 heteroatoms. The minimum Gasteiger partial charge on any atom is -0.399 e. The first kappa shape index (κ1) is 19.2. The predicted octanol–water partition coefficient (Wildman–Crippen LogP) is 3.70. The van der Waals surface area contributed by atoms with E-state index in [-0.39, 0.29) is 6.04 Å². The van der Waals surface area contributed by atoms with Gasteiger partial charge in [0.2, 0.25) is 0 Å². The average Bonchev–Trinajstić information content (AvgIpc) is 2.60. The number of benzene rings is 1. The molecule has 0 amide bonds. The number of alkyl halides is 2. The third kappa shape index (κ3) is 3.61. The zero-order valence-corrected chi connectivity index (χ0v) is 16.3. The van der Waals surface area contributed by atoms with Crippen LogP contribution in [0.25, 0.3) is 0 Å². The maximum absolute atomic E-state index is 14.0. The molecule has 2 atom stereocenters. The number of fused-ring (bicyclic) bond motifs is 1. The summed E-state index contributed by atoms with van der Waals surface area (Å²) in [7, 11) is 0. The first-order chi connectivity index (χ1) is 12.2. The van der Waals surface area contributed by atoms with Crippen molar-refractivity contribution in [1.29, 1.82) is 0 Å². The van der Waals surface area contributed by atoms with Crippen molar-refractivity contribution in [2.24, 2.45) is 0 Å². The van der Waals surface area contributed by atoms with Crippen LogP contribution in [0.1, 0.15) is 35.3 Å². The molecular weight excluding hydrogens is 404 g/mol. The SMILES string of the molecule is Cc1c(N)ccc2c1C[C@@H](C)N(CC(F)(F)CO)C2c1ccc(Br)cn1. The number of anilines is 1. The van der Waals surface area contributed by atoms with E-state index in [0.717, 1.165) is 21.2 Å². The Morgan fingerprint density at radius 3 is 2.69 bits per heavy atom. The van der Waals surface area contributed by atoms with Crippen LogP contribution in [0.2, 0.25) is 0 Å². The topological polar surface area (TPSA) is 62.4 Å². The highest BCUT2D eigenvalue weighted by Crippen LogP contribution is 2.41. The zero-order chi connectivity index (χ0) is 19.1. The number of hydrogen-bond donors (Lipinski definition) is 2. The van der Waals surface area contributed by atoms with E-state index in [0.29, 0.717) is 17.8 Å². The molecule has 1 unspecified atom stereocenters. The van der Waals surface area contributed by atoms with Crippen molar-refractivity contribution < 1.29 is 13.9 Å². The van der Waals surface area contributed by atoms with Crippen molar-refractivity contribution in [3.05, 3.63) is 57.3 Å². The van der Waals surface area contributed by atoms with Gasteiger partial charge in [-0.15, -0.1) is 0 Å². The van der Waals surface area contributed by atoms with Crippen molar-refractivity contribution in [2.75, 3.05) is 18.9 Å². The van der Waals surface area contributed by atoms with E-state index in [1.165, 1.54) is 0 Å². The van der Waals surface area contributed by atoms with Crippen molar-refractivity contribution in [3.63, 3.8) is 0 Å².